The largest absolute Gasteiger partial charge is 0.481 e. The summed E-state index contributed by atoms with van der Waals surface area (Å²) in [5.41, 5.74) is 0. The first kappa shape index (κ1) is 13.9. The first-order chi connectivity index (χ1) is 7.99. The van der Waals surface area contributed by atoms with Crippen LogP contribution in [0.2, 0.25) is 0 Å². The van der Waals surface area contributed by atoms with Gasteiger partial charge in [-0.05, 0) is 18.8 Å². The molecule has 4 heteroatoms. The van der Waals surface area contributed by atoms with Gasteiger partial charge < -0.3 is 5.11 Å². The van der Waals surface area contributed by atoms with Gasteiger partial charge in [-0.2, -0.15) is 0 Å². The summed E-state index contributed by atoms with van der Waals surface area (Å²) >= 11 is 0. The minimum absolute atomic E-state index is 0.0165. The number of hydrogen-bond donors (Lipinski definition) is 1. The summed E-state index contributed by atoms with van der Waals surface area (Å²) in [6.45, 7) is 3.51. The number of ketones is 2. The molecule has 2 aliphatic carbocycles. The van der Waals surface area contributed by atoms with Gasteiger partial charge >= 0.3 is 5.97 Å². The van der Waals surface area contributed by atoms with E-state index < -0.39 is 5.97 Å². The van der Waals surface area contributed by atoms with Crippen LogP contribution < -0.4 is 0 Å². The highest BCUT2D eigenvalue weighted by Gasteiger charge is 2.47. The fraction of sp³-hybridized carbons (Fsp3) is 0.769. The van der Waals surface area contributed by atoms with Gasteiger partial charge in [0.25, 0.3) is 0 Å². The number of Topliss-reactive ketones (excluding diaryl/α,β-unsaturated/α-hetero) is 2. The molecule has 0 aliphatic heterocycles. The maximum atomic E-state index is 11.4. The molecule has 2 aliphatic rings. The molecule has 2 rings (SSSR count). The van der Waals surface area contributed by atoms with Crippen LogP contribution in [0.4, 0.5) is 0 Å². The Bertz CT molecular complexity index is 321. The van der Waals surface area contributed by atoms with Gasteiger partial charge in [-0.1, -0.05) is 26.7 Å². The molecule has 3 unspecified atom stereocenters. The molecule has 4 nitrogen and oxygen atoms in total. The summed E-state index contributed by atoms with van der Waals surface area (Å²) in [7, 11) is 0. The third-order valence-electron chi connectivity index (χ3n) is 3.76. The Labute approximate surface area is 101 Å². The van der Waals surface area contributed by atoms with E-state index in [0.29, 0.717) is 5.92 Å². The molecule has 0 heterocycles. The van der Waals surface area contributed by atoms with E-state index in [1.807, 2.05) is 6.92 Å². The van der Waals surface area contributed by atoms with Crippen molar-refractivity contribution in [3.63, 3.8) is 0 Å². The molecule has 2 fully saturated rings. The molecule has 0 saturated heterocycles. The van der Waals surface area contributed by atoms with Crippen molar-refractivity contribution in [2.45, 2.75) is 46.0 Å². The Morgan fingerprint density at radius 2 is 1.76 bits per heavy atom. The predicted octanol–water partition coefficient (Wildman–Crippen LogP) is 2.06. The van der Waals surface area contributed by atoms with Gasteiger partial charge in [-0.15, -0.1) is 0 Å². The van der Waals surface area contributed by atoms with E-state index in [4.69, 9.17) is 5.11 Å². The summed E-state index contributed by atoms with van der Waals surface area (Å²) in [6, 6.07) is 0. The number of carbonyl (C=O) groups is 3. The van der Waals surface area contributed by atoms with E-state index >= 15 is 0 Å². The average Bonchev–Trinajstić information content (AvgIpc) is 2.56. The molecular formula is C13H20O4. The number of fused-ring (bicyclic) bond motifs is 1. The van der Waals surface area contributed by atoms with Crippen molar-refractivity contribution in [2.75, 3.05) is 0 Å². The van der Waals surface area contributed by atoms with Gasteiger partial charge in [0.15, 0.2) is 0 Å². The number of carbonyl (C=O) groups excluding carboxylic acids is 2. The molecule has 2 saturated carbocycles. The van der Waals surface area contributed by atoms with Gasteiger partial charge in [-0.25, -0.2) is 0 Å². The van der Waals surface area contributed by atoms with E-state index in [0.717, 1.165) is 19.3 Å². The summed E-state index contributed by atoms with van der Waals surface area (Å²) < 4.78 is 0. The van der Waals surface area contributed by atoms with Crippen LogP contribution in [-0.4, -0.2) is 22.6 Å². The average molecular weight is 240 g/mol. The number of hydrogen-bond acceptors (Lipinski definition) is 3. The number of aliphatic carboxylic acids is 1. The van der Waals surface area contributed by atoms with Crippen LogP contribution in [0.15, 0.2) is 0 Å². The van der Waals surface area contributed by atoms with Gasteiger partial charge in [0.05, 0.1) is 0 Å². The monoisotopic (exact) mass is 240 g/mol. The van der Waals surface area contributed by atoms with Crippen molar-refractivity contribution in [3.05, 3.63) is 0 Å². The lowest BCUT2D eigenvalue weighted by Crippen LogP contribution is -2.20. The van der Waals surface area contributed by atoms with Gasteiger partial charge in [0.1, 0.15) is 0 Å². The molecule has 0 bridgehead atoms. The van der Waals surface area contributed by atoms with E-state index in [1.165, 1.54) is 6.42 Å². The van der Waals surface area contributed by atoms with E-state index in [9.17, 15) is 14.4 Å². The molecule has 0 radical (unpaired) electrons. The molecule has 3 atom stereocenters. The van der Waals surface area contributed by atoms with Crippen molar-refractivity contribution >= 4 is 17.5 Å². The zero-order valence-electron chi connectivity index (χ0n) is 10.4. The molecule has 0 spiro atoms. The smallest absolute Gasteiger partial charge is 0.303 e. The summed E-state index contributed by atoms with van der Waals surface area (Å²) in [4.78, 5) is 32.1. The van der Waals surface area contributed by atoms with Crippen molar-refractivity contribution < 1.29 is 19.5 Å². The predicted molar refractivity (Wildman–Crippen MR) is 62.6 cm³/mol. The van der Waals surface area contributed by atoms with Crippen LogP contribution in [-0.2, 0) is 14.4 Å². The van der Waals surface area contributed by atoms with Crippen LogP contribution in [0.25, 0.3) is 0 Å². The van der Waals surface area contributed by atoms with Crippen LogP contribution in [0, 0.1) is 17.8 Å². The van der Waals surface area contributed by atoms with Crippen LogP contribution in [0.3, 0.4) is 0 Å². The molecule has 1 N–H and O–H groups in total. The summed E-state index contributed by atoms with van der Waals surface area (Å²) in [6.07, 6.45) is 4.60. The number of carboxylic acids is 1. The minimum atomic E-state index is -0.745. The Morgan fingerprint density at radius 1 is 1.24 bits per heavy atom. The zero-order valence-corrected chi connectivity index (χ0v) is 10.4. The molecular weight excluding hydrogens is 220 g/mol. The quantitative estimate of drug-likeness (QED) is 0.712. The highest BCUT2D eigenvalue weighted by atomic mass is 16.4. The van der Waals surface area contributed by atoms with Crippen molar-refractivity contribution in [1.82, 2.24) is 0 Å². The van der Waals surface area contributed by atoms with Crippen LogP contribution in [0.1, 0.15) is 46.0 Å². The molecule has 0 aromatic carbocycles. The van der Waals surface area contributed by atoms with Gasteiger partial charge in [0, 0.05) is 18.3 Å². The molecule has 0 amide bonds. The lowest BCUT2D eigenvalue weighted by Gasteiger charge is -2.24. The van der Waals surface area contributed by atoms with Crippen LogP contribution >= 0.6 is 0 Å². The summed E-state index contributed by atoms with van der Waals surface area (Å²) in [5, 5.41) is 7.72. The topological polar surface area (TPSA) is 71.4 Å². The van der Waals surface area contributed by atoms with Gasteiger partial charge in [-0.3, -0.25) is 14.4 Å². The Kier molecular flexibility index (Phi) is 4.85. The van der Waals surface area contributed by atoms with Crippen molar-refractivity contribution in [2.24, 2.45) is 17.8 Å². The van der Waals surface area contributed by atoms with Gasteiger partial charge in [0.2, 0.25) is 11.6 Å². The first-order valence-corrected chi connectivity index (χ1v) is 6.28. The zero-order chi connectivity index (χ0) is 13.0. The normalized spacial score (nSPS) is 31.5. The van der Waals surface area contributed by atoms with E-state index in [-0.39, 0.29) is 29.8 Å². The third kappa shape index (κ3) is 3.14. The maximum Gasteiger partial charge on any atom is 0.303 e. The minimum Gasteiger partial charge on any atom is -0.481 e. The second-order valence-corrected chi connectivity index (χ2v) is 4.82. The highest BCUT2D eigenvalue weighted by Crippen LogP contribution is 2.41. The number of rotatable bonds is 1. The third-order valence-corrected chi connectivity index (χ3v) is 3.76. The molecule has 0 aromatic heterocycles. The van der Waals surface area contributed by atoms with E-state index in [1.54, 1.807) is 6.92 Å². The lowest BCUT2D eigenvalue weighted by atomic mass is 9.78. The highest BCUT2D eigenvalue weighted by molar-refractivity contribution is 6.40. The Morgan fingerprint density at radius 3 is 2.24 bits per heavy atom. The van der Waals surface area contributed by atoms with Crippen LogP contribution in [0.5, 0.6) is 0 Å². The molecule has 0 aromatic rings. The maximum absolute atomic E-state index is 11.4. The second kappa shape index (κ2) is 5.94. The Balaban J connectivity index is 0.000000249. The first-order valence-electron chi connectivity index (χ1n) is 6.28. The SMILES string of the molecule is CC1C(=O)C(=O)C2CCCCC12.CCC(=O)O. The fourth-order valence-corrected chi connectivity index (χ4v) is 2.69. The number of carboxylic acid groups (broad SMARTS) is 1. The fourth-order valence-electron chi connectivity index (χ4n) is 2.69. The van der Waals surface area contributed by atoms with Crippen molar-refractivity contribution in [1.29, 1.82) is 0 Å². The standard InChI is InChI=1S/C10H14O2.C3H6O2/c1-6-7-4-2-3-5-8(7)10(12)9(6)11;1-2-3(4)5/h6-8H,2-5H2,1H3;2H2,1H3,(H,4,5). The second-order valence-electron chi connectivity index (χ2n) is 4.82. The lowest BCUT2D eigenvalue weighted by molar-refractivity contribution is -0.137. The Hall–Kier alpha value is -1.19. The molecule has 96 valence electrons. The summed E-state index contributed by atoms with van der Waals surface area (Å²) in [5.74, 6) is -0.424. The van der Waals surface area contributed by atoms with E-state index in [2.05, 4.69) is 0 Å². The van der Waals surface area contributed by atoms with Crippen molar-refractivity contribution in [3.8, 4) is 0 Å². The molecule has 17 heavy (non-hydrogen) atoms.